The second-order valence-electron chi connectivity index (χ2n) is 5.81. The van der Waals surface area contributed by atoms with Crippen molar-refractivity contribution in [2.45, 2.75) is 57.0 Å². The van der Waals surface area contributed by atoms with Gasteiger partial charge < -0.3 is 10.2 Å². The molecule has 3 aliphatic rings. The van der Waals surface area contributed by atoms with E-state index in [9.17, 15) is 0 Å². The average Bonchev–Trinajstić information content (AvgIpc) is 2.86. The van der Waals surface area contributed by atoms with Gasteiger partial charge in [-0.15, -0.1) is 0 Å². The van der Waals surface area contributed by atoms with Gasteiger partial charge in [0.2, 0.25) is 0 Å². The maximum atomic E-state index is 3.73. The third-order valence-corrected chi connectivity index (χ3v) is 4.62. The molecule has 0 aromatic heterocycles. The number of hydrogen-bond acceptors (Lipinski definition) is 2. The number of rotatable bonds is 3. The monoisotopic (exact) mass is 208 g/mol. The predicted octanol–water partition coefficient (Wildman–Crippen LogP) is 2.00. The highest BCUT2D eigenvalue weighted by atomic mass is 15.1. The molecule has 3 heterocycles. The minimum Gasteiger partial charge on any atom is -0.311 e. The first-order chi connectivity index (χ1) is 7.40. The molecule has 0 spiro atoms. The van der Waals surface area contributed by atoms with Gasteiger partial charge in [0, 0.05) is 12.1 Å². The van der Waals surface area contributed by atoms with Gasteiger partial charge in [0.15, 0.2) is 0 Å². The molecule has 3 rings (SSSR count). The molecule has 2 heteroatoms. The van der Waals surface area contributed by atoms with Crippen molar-refractivity contribution in [2.24, 2.45) is 5.92 Å². The standard InChI is InChI=1S/C13H24N2/c1-2-7-15(6-1)8-5-11-9-12-3-4-13(10-11)14-12/h11-14H,1-10H2. The molecule has 0 aliphatic carbocycles. The first kappa shape index (κ1) is 10.1. The lowest BCUT2D eigenvalue weighted by molar-refractivity contribution is 0.242. The largest absolute Gasteiger partial charge is 0.311 e. The molecule has 2 atom stereocenters. The number of nitrogens with one attached hydrogen (secondary N) is 1. The van der Waals surface area contributed by atoms with Crippen molar-refractivity contribution in [3.05, 3.63) is 0 Å². The summed E-state index contributed by atoms with van der Waals surface area (Å²) in [6.07, 6.45) is 10.2. The minimum absolute atomic E-state index is 0.882. The SMILES string of the molecule is C1CCN(CCC2CC3CCC(C2)N3)C1. The lowest BCUT2D eigenvalue weighted by Gasteiger charge is -2.30. The van der Waals surface area contributed by atoms with Crippen LogP contribution in [0, 0.1) is 5.92 Å². The van der Waals surface area contributed by atoms with Crippen molar-refractivity contribution in [3.63, 3.8) is 0 Å². The van der Waals surface area contributed by atoms with Crippen LogP contribution in [0.4, 0.5) is 0 Å². The second-order valence-corrected chi connectivity index (χ2v) is 5.81. The van der Waals surface area contributed by atoms with Gasteiger partial charge in [0.25, 0.3) is 0 Å². The first-order valence-electron chi connectivity index (χ1n) is 6.88. The molecule has 86 valence electrons. The molecule has 0 amide bonds. The molecule has 2 unspecified atom stereocenters. The molecule has 3 saturated heterocycles. The molecule has 0 saturated carbocycles. The predicted molar refractivity (Wildman–Crippen MR) is 63.0 cm³/mol. The van der Waals surface area contributed by atoms with E-state index < -0.39 is 0 Å². The summed E-state index contributed by atoms with van der Waals surface area (Å²) in [6.45, 7) is 4.12. The highest BCUT2D eigenvalue weighted by molar-refractivity contribution is 4.92. The summed E-state index contributed by atoms with van der Waals surface area (Å²) in [4.78, 5) is 2.67. The summed E-state index contributed by atoms with van der Waals surface area (Å²) < 4.78 is 0. The van der Waals surface area contributed by atoms with Crippen LogP contribution in [0.3, 0.4) is 0 Å². The lowest BCUT2D eigenvalue weighted by Crippen LogP contribution is -2.39. The third kappa shape index (κ3) is 2.36. The Hall–Kier alpha value is -0.0800. The molecule has 0 aromatic carbocycles. The van der Waals surface area contributed by atoms with Gasteiger partial charge in [-0.2, -0.15) is 0 Å². The summed E-state index contributed by atoms with van der Waals surface area (Å²) in [5, 5.41) is 3.73. The Morgan fingerprint density at radius 1 is 1.00 bits per heavy atom. The number of fused-ring (bicyclic) bond motifs is 2. The number of likely N-dealkylation sites (tertiary alicyclic amines) is 1. The van der Waals surface area contributed by atoms with Gasteiger partial charge >= 0.3 is 0 Å². The van der Waals surface area contributed by atoms with Crippen LogP contribution in [-0.2, 0) is 0 Å². The van der Waals surface area contributed by atoms with E-state index in [4.69, 9.17) is 0 Å². The van der Waals surface area contributed by atoms with Crippen LogP contribution in [0.15, 0.2) is 0 Å². The van der Waals surface area contributed by atoms with E-state index in [-0.39, 0.29) is 0 Å². The van der Waals surface area contributed by atoms with E-state index in [0.717, 1.165) is 18.0 Å². The number of piperidine rings is 1. The van der Waals surface area contributed by atoms with Crippen LogP contribution in [0.2, 0.25) is 0 Å². The highest BCUT2D eigenvalue weighted by Crippen LogP contribution is 2.32. The third-order valence-electron chi connectivity index (χ3n) is 4.62. The van der Waals surface area contributed by atoms with Crippen molar-refractivity contribution >= 4 is 0 Å². The van der Waals surface area contributed by atoms with Crippen molar-refractivity contribution in [1.29, 1.82) is 0 Å². The maximum Gasteiger partial charge on any atom is 0.00728 e. The van der Waals surface area contributed by atoms with Gasteiger partial charge in [-0.3, -0.25) is 0 Å². The Kier molecular flexibility index (Phi) is 2.98. The molecule has 3 aliphatic heterocycles. The van der Waals surface area contributed by atoms with Crippen LogP contribution in [0.25, 0.3) is 0 Å². The van der Waals surface area contributed by atoms with Gasteiger partial charge in [0.05, 0.1) is 0 Å². The summed E-state index contributed by atoms with van der Waals surface area (Å²) in [6, 6.07) is 1.76. The topological polar surface area (TPSA) is 15.3 Å². The molecular formula is C13H24N2. The van der Waals surface area contributed by atoms with Gasteiger partial charge in [-0.05, 0) is 70.5 Å². The van der Waals surface area contributed by atoms with E-state index >= 15 is 0 Å². The van der Waals surface area contributed by atoms with Crippen LogP contribution in [0.1, 0.15) is 44.9 Å². The van der Waals surface area contributed by atoms with E-state index in [1.165, 1.54) is 64.6 Å². The molecule has 15 heavy (non-hydrogen) atoms. The Morgan fingerprint density at radius 2 is 1.67 bits per heavy atom. The molecular weight excluding hydrogens is 184 g/mol. The summed E-state index contributed by atoms with van der Waals surface area (Å²) in [5.74, 6) is 1.03. The van der Waals surface area contributed by atoms with Gasteiger partial charge in [-0.25, -0.2) is 0 Å². The fourth-order valence-electron chi connectivity index (χ4n) is 3.78. The summed E-state index contributed by atoms with van der Waals surface area (Å²) >= 11 is 0. The van der Waals surface area contributed by atoms with Crippen LogP contribution in [0.5, 0.6) is 0 Å². The molecule has 1 N–H and O–H groups in total. The first-order valence-corrected chi connectivity index (χ1v) is 6.88. The Balaban J connectivity index is 1.43. The smallest absolute Gasteiger partial charge is 0.00728 e. The van der Waals surface area contributed by atoms with E-state index in [0.29, 0.717) is 0 Å². The van der Waals surface area contributed by atoms with Crippen molar-refractivity contribution in [1.82, 2.24) is 10.2 Å². The Labute approximate surface area is 93.4 Å². The van der Waals surface area contributed by atoms with E-state index in [1.54, 1.807) is 0 Å². The fraction of sp³-hybridized carbons (Fsp3) is 1.00. The van der Waals surface area contributed by atoms with Gasteiger partial charge in [-0.1, -0.05) is 0 Å². The average molecular weight is 208 g/mol. The summed E-state index contributed by atoms with van der Waals surface area (Å²) in [5.41, 5.74) is 0. The Morgan fingerprint density at radius 3 is 2.33 bits per heavy atom. The summed E-state index contributed by atoms with van der Waals surface area (Å²) in [7, 11) is 0. The maximum absolute atomic E-state index is 3.73. The molecule has 2 bridgehead atoms. The number of nitrogens with zero attached hydrogens (tertiary/aromatic N) is 1. The molecule has 0 aromatic rings. The zero-order valence-corrected chi connectivity index (χ0v) is 9.75. The van der Waals surface area contributed by atoms with Crippen LogP contribution < -0.4 is 5.32 Å². The highest BCUT2D eigenvalue weighted by Gasteiger charge is 2.33. The quantitative estimate of drug-likeness (QED) is 0.763. The second kappa shape index (κ2) is 4.42. The zero-order valence-electron chi connectivity index (χ0n) is 9.75. The minimum atomic E-state index is 0.882. The zero-order chi connectivity index (χ0) is 10.1. The van der Waals surface area contributed by atoms with E-state index in [1.807, 2.05) is 0 Å². The normalized spacial score (nSPS) is 41.2. The van der Waals surface area contributed by atoms with Crippen LogP contribution in [-0.4, -0.2) is 36.6 Å². The lowest BCUT2D eigenvalue weighted by atomic mass is 9.89. The fourth-order valence-corrected chi connectivity index (χ4v) is 3.78. The molecule has 3 fully saturated rings. The number of hydrogen-bond donors (Lipinski definition) is 1. The molecule has 0 radical (unpaired) electrons. The van der Waals surface area contributed by atoms with Gasteiger partial charge in [0.1, 0.15) is 0 Å². The van der Waals surface area contributed by atoms with E-state index in [2.05, 4.69) is 10.2 Å². The van der Waals surface area contributed by atoms with Crippen molar-refractivity contribution < 1.29 is 0 Å². The van der Waals surface area contributed by atoms with Crippen LogP contribution >= 0.6 is 0 Å². The molecule has 2 nitrogen and oxygen atoms in total. The van der Waals surface area contributed by atoms with Crippen molar-refractivity contribution in [2.75, 3.05) is 19.6 Å². The van der Waals surface area contributed by atoms with Crippen molar-refractivity contribution in [3.8, 4) is 0 Å². The Bertz CT molecular complexity index is 199.